The minimum absolute atomic E-state index is 0.239. The first-order valence-electron chi connectivity index (χ1n) is 6.62. The van der Waals surface area contributed by atoms with Gasteiger partial charge in [-0.2, -0.15) is 4.98 Å². The number of likely N-dealkylation sites (tertiary alicyclic amines) is 1. The van der Waals surface area contributed by atoms with Gasteiger partial charge in [0.2, 0.25) is 5.28 Å². The van der Waals surface area contributed by atoms with Gasteiger partial charge < -0.3 is 16.0 Å². The van der Waals surface area contributed by atoms with Crippen molar-refractivity contribution >= 4 is 23.1 Å². The van der Waals surface area contributed by atoms with Crippen molar-refractivity contribution < 1.29 is 0 Å². The van der Waals surface area contributed by atoms with Crippen molar-refractivity contribution in [3.8, 4) is 0 Å². The fraction of sp³-hybridized carbons (Fsp3) is 0.692. The largest absolute Gasteiger partial charge is 0.394 e. The summed E-state index contributed by atoms with van der Waals surface area (Å²) in [5.41, 5.74) is 7.56. The first-order chi connectivity index (χ1) is 8.89. The lowest BCUT2D eigenvalue weighted by atomic mass is 9.80. The van der Waals surface area contributed by atoms with E-state index < -0.39 is 0 Å². The summed E-state index contributed by atoms with van der Waals surface area (Å²) in [6, 6.07) is 0. The molecule has 0 saturated carbocycles. The number of piperidine rings is 1. The highest BCUT2D eigenvalue weighted by Gasteiger charge is 2.28. The standard InChI is InChI=1S/C13H22ClN5/c1-9-10(15)11(18-12(14)17-9)16-8-13(2)4-6-19(3)7-5-13/h4-8,15H2,1-3H3,(H,16,17,18). The van der Waals surface area contributed by atoms with Crippen molar-refractivity contribution in [3.63, 3.8) is 0 Å². The fourth-order valence-corrected chi connectivity index (χ4v) is 2.53. The second kappa shape index (κ2) is 5.51. The lowest BCUT2D eigenvalue weighted by molar-refractivity contribution is 0.150. The Morgan fingerprint density at radius 3 is 2.63 bits per heavy atom. The van der Waals surface area contributed by atoms with Crippen molar-refractivity contribution in [3.05, 3.63) is 11.0 Å². The maximum atomic E-state index is 5.98. The molecule has 0 atom stereocenters. The molecule has 0 amide bonds. The van der Waals surface area contributed by atoms with E-state index >= 15 is 0 Å². The summed E-state index contributed by atoms with van der Waals surface area (Å²) in [6.45, 7) is 7.27. The Morgan fingerprint density at radius 2 is 2.00 bits per heavy atom. The van der Waals surface area contributed by atoms with Crippen LogP contribution in [0.5, 0.6) is 0 Å². The Morgan fingerprint density at radius 1 is 1.37 bits per heavy atom. The third-order valence-corrected chi connectivity index (χ3v) is 4.15. The Balaban J connectivity index is 2.02. The van der Waals surface area contributed by atoms with Gasteiger partial charge in [0.1, 0.15) is 0 Å². The van der Waals surface area contributed by atoms with Crippen LogP contribution in [-0.2, 0) is 0 Å². The fourth-order valence-electron chi connectivity index (χ4n) is 2.31. The van der Waals surface area contributed by atoms with Gasteiger partial charge in [0, 0.05) is 6.54 Å². The Labute approximate surface area is 119 Å². The van der Waals surface area contributed by atoms with E-state index in [1.807, 2.05) is 6.92 Å². The van der Waals surface area contributed by atoms with Crippen molar-refractivity contribution in [1.82, 2.24) is 14.9 Å². The normalized spacial score (nSPS) is 19.4. The highest BCUT2D eigenvalue weighted by atomic mass is 35.5. The van der Waals surface area contributed by atoms with Gasteiger partial charge in [0.05, 0.1) is 11.4 Å². The minimum atomic E-state index is 0.239. The van der Waals surface area contributed by atoms with Gasteiger partial charge in [-0.05, 0) is 56.9 Å². The van der Waals surface area contributed by atoms with E-state index in [1.165, 1.54) is 12.8 Å². The molecule has 106 valence electrons. The molecule has 1 aromatic heterocycles. The van der Waals surface area contributed by atoms with Crippen molar-refractivity contribution in [2.24, 2.45) is 5.41 Å². The predicted octanol–water partition coefficient (Wildman–Crippen LogP) is 2.16. The number of halogens is 1. The zero-order valence-electron chi connectivity index (χ0n) is 11.8. The van der Waals surface area contributed by atoms with E-state index in [1.54, 1.807) is 0 Å². The quantitative estimate of drug-likeness (QED) is 0.832. The molecule has 0 spiro atoms. The number of nitrogen functional groups attached to an aromatic ring is 1. The van der Waals surface area contributed by atoms with Crippen molar-refractivity contribution in [1.29, 1.82) is 0 Å². The molecule has 0 unspecified atom stereocenters. The molecule has 3 N–H and O–H groups in total. The van der Waals surface area contributed by atoms with Crippen LogP contribution in [0.4, 0.5) is 11.5 Å². The van der Waals surface area contributed by atoms with Gasteiger partial charge >= 0.3 is 0 Å². The SMILES string of the molecule is Cc1nc(Cl)nc(NCC2(C)CCN(C)CC2)c1N. The van der Waals surface area contributed by atoms with Crippen molar-refractivity contribution in [2.75, 3.05) is 37.7 Å². The Kier molecular flexibility index (Phi) is 4.16. The van der Waals surface area contributed by atoms with Crippen LogP contribution in [0.3, 0.4) is 0 Å². The lowest BCUT2D eigenvalue weighted by Crippen LogP contribution is -2.40. The summed E-state index contributed by atoms with van der Waals surface area (Å²) < 4.78 is 0. The molecule has 2 rings (SSSR count). The third kappa shape index (κ3) is 3.48. The molecule has 1 aromatic rings. The Bertz CT molecular complexity index is 455. The molecule has 0 bridgehead atoms. The zero-order valence-corrected chi connectivity index (χ0v) is 12.6. The lowest BCUT2D eigenvalue weighted by Gasteiger charge is -2.38. The Hall–Kier alpha value is -1.07. The van der Waals surface area contributed by atoms with Crippen LogP contribution in [0.15, 0.2) is 0 Å². The number of hydrogen-bond acceptors (Lipinski definition) is 5. The number of anilines is 2. The van der Waals surface area contributed by atoms with Crippen molar-refractivity contribution in [2.45, 2.75) is 26.7 Å². The number of nitrogens with one attached hydrogen (secondary N) is 1. The summed E-state index contributed by atoms with van der Waals surface area (Å²) in [5.74, 6) is 0.651. The molecule has 1 aliphatic rings. The van der Waals surface area contributed by atoms with Gasteiger partial charge in [0.25, 0.3) is 0 Å². The minimum Gasteiger partial charge on any atom is -0.394 e. The van der Waals surface area contributed by atoms with Gasteiger partial charge in [-0.1, -0.05) is 6.92 Å². The summed E-state index contributed by atoms with van der Waals surface area (Å²) in [4.78, 5) is 10.6. The first-order valence-corrected chi connectivity index (χ1v) is 6.99. The highest BCUT2D eigenvalue weighted by Crippen LogP contribution is 2.31. The van der Waals surface area contributed by atoms with Crippen LogP contribution in [0.25, 0.3) is 0 Å². The highest BCUT2D eigenvalue weighted by molar-refractivity contribution is 6.28. The molecule has 0 aliphatic carbocycles. The number of nitrogens with zero attached hydrogens (tertiary/aromatic N) is 3. The first kappa shape index (κ1) is 14.3. The monoisotopic (exact) mass is 283 g/mol. The summed E-state index contributed by atoms with van der Waals surface area (Å²) in [7, 11) is 2.17. The third-order valence-electron chi connectivity index (χ3n) is 3.99. The van der Waals surface area contributed by atoms with E-state index in [9.17, 15) is 0 Å². The molecule has 0 radical (unpaired) electrons. The van der Waals surface area contributed by atoms with E-state index in [4.69, 9.17) is 17.3 Å². The van der Waals surface area contributed by atoms with Gasteiger partial charge in [0.15, 0.2) is 5.82 Å². The molecular weight excluding hydrogens is 262 g/mol. The molecule has 1 aliphatic heterocycles. The van der Waals surface area contributed by atoms with Gasteiger partial charge in [-0.3, -0.25) is 0 Å². The predicted molar refractivity (Wildman–Crippen MR) is 79.5 cm³/mol. The average molecular weight is 284 g/mol. The molecule has 5 nitrogen and oxygen atoms in total. The van der Waals surface area contributed by atoms with Crippen LogP contribution in [0, 0.1) is 12.3 Å². The molecule has 1 fully saturated rings. The second-order valence-electron chi connectivity index (χ2n) is 5.81. The van der Waals surface area contributed by atoms with Crippen LogP contribution < -0.4 is 11.1 Å². The summed E-state index contributed by atoms with van der Waals surface area (Å²) >= 11 is 5.87. The van der Waals surface area contributed by atoms with E-state index in [0.717, 1.165) is 25.3 Å². The average Bonchev–Trinajstić information content (AvgIpc) is 2.36. The maximum absolute atomic E-state index is 5.98. The number of rotatable bonds is 3. The van der Waals surface area contributed by atoms with Gasteiger partial charge in [-0.15, -0.1) is 0 Å². The second-order valence-corrected chi connectivity index (χ2v) is 6.15. The summed E-state index contributed by atoms with van der Waals surface area (Å²) in [5, 5.41) is 3.58. The molecule has 19 heavy (non-hydrogen) atoms. The molecule has 2 heterocycles. The van der Waals surface area contributed by atoms with Crippen LogP contribution in [0.2, 0.25) is 5.28 Å². The van der Waals surface area contributed by atoms with E-state index in [0.29, 0.717) is 11.5 Å². The smallest absolute Gasteiger partial charge is 0.224 e. The number of aryl methyl sites for hydroxylation is 1. The van der Waals surface area contributed by atoms with E-state index in [-0.39, 0.29) is 10.7 Å². The number of hydrogen-bond donors (Lipinski definition) is 2. The number of nitrogens with two attached hydrogens (primary N) is 1. The van der Waals surface area contributed by atoms with E-state index in [2.05, 4.69) is 34.2 Å². The molecule has 6 heteroatoms. The molecule has 0 aromatic carbocycles. The van der Waals surface area contributed by atoms with Crippen LogP contribution in [-0.4, -0.2) is 41.5 Å². The zero-order chi connectivity index (χ0) is 14.0. The number of aromatic nitrogens is 2. The van der Waals surface area contributed by atoms with Gasteiger partial charge in [-0.25, -0.2) is 4.98 Å². The van der Waals surface area contributed by atoms with Crippen LogP contribution in [0.1, 0.15) is 25.5 Å². The molecule has 1 saturated heterocycles. The maximum Gasteiger partial charge on any atom is 0.224 e. The summed E-state index contributed by atoms with van der Waals surface area (Å²) in [6.07, 6.45) is 2.35. The topological polar surface area (TPSA) is 67.1 Å². The molecular formula is C13H22ClN5. The van der Waals surface area contributed by atoms with Crippen LogP contribution >= 0.6 is 11.6 Å².